The molecule has 112 valence electrons. The van der Waals surface area contributed by atoms with E-state index in [-0.39, 0.29) is 12.1 Å². The molecule has 21 heavy (non-hydrogen) atoms. The minimum Gasteiger partial charge on any atom is -0.403 e. The van der Waals surface area contributed by atoms with Crippen LogP contribution >= 0.6 is 0 Å². The van der Waals surface area contributed by atoms with E-state index in [0.717, 1.165) is 11.8 Å². The van der Waals surface area contributed by atoms with Crippen LogP contribution < -0.4 is 15.6 Å². The summed E-state index contributed by atoms with van der Waals surface area (Å²) in [6.45, 7) is -0.00418. The van der Waals surface area contributed by atoms with Crippen molar-refractivity contribution in [3.05, 3.63) is 59.9 Å². The standard InChI is InChI=1S/C14H12F4N2O/c15-13-10(5-4-8-12(13)21-14(16,17)18)9-19-20-11-6-2-1-3-7-11/h1-8,19-20H,9H2. The molecule has 0 bridgehead atoms. The van der Waals surface area contributed by atoms with Gasteiger partial charge >= 0.3 is 6.36 Å². The minimum absolute atomic E-state index is 0.00418. The number of benzene rings is 2. The first-order valence-electron chi connectivity index (χ1n) is 6.03. The molecule has 2 rings (SSSR count). The Morgan fingerprint density at radius 1 is 0.952 bits per heavy atom. The molecule has 0 unspecified atom stereocenters. The molecular weight excluding hydrogens is 288 g/mol. The van der Waals surface area contributed by atoms with Gasteiger partial charge in [-0.25, -0.2) is 9.82 Å². The Morgan fingerprint density at radius 2 is 1.67 bits per heavy atom. The molecule has 3 nitrogen and oxygen atoms in total. The van der Waals surface area contributed by atoms with Gasteiger partial charge in [-0.1, -0.05) is 30.3 Å². The summed E-state index contributed by atoms with van der Waals surface area (Å²) in [5.74, 6) is -1.89. The Labute approximate surface area is 118 Å². The zero-order valence-corrected chi connectivity index (χ0v) is 10.7. The van der Waals surface area contributed by atoms with Crippen LogP contribution in [0.25, 0.3) is 0 Å². The molecule has 2 N–H and O–H groups in total. The topological polar surface area (TPSA) is 33.3 Å². The van der Waals surface area contributed by atoms with Crippen molar-refractivity contribution in [1.29, 1.82) is 0 Å². The van der Waals surface area contributed by atoms with Crippen molar-refractivity contribution in [2.24, 2.45) is 0 Å². The third kappa shape index (κ3) is 4.64. The molecule has 0 aromatic heterocycles. The maximum Gasteiger partial charge on any atom is 0.573 e. The molecular formula is C14H12F4N2O. The van der Waals surface area contributed by atoms with Crippen LogP contribution in [0.3, 0.4) is 0 Å². The quantitative estimate of drug-likeness (QED) is 0.650. The lowest BCUT2D eigenvalue weighted by Crippen LogP contribution is -2.22. The summed E-state index contributed by atoms with van der Waals surface area (Å²) in [7, 11) is 0. The fourth-order valence-electron chi connectivity index (χ4n) is 1.66. The summed E-state index contributed by atoms with van der Waals surface area (Å²) in [5.41, 5.74) is 6.34. The summed E-state index contributed by atoms with van der Waals surface area (Å²) >= 11 is 0. The Bertz CT molecular complexity index is 587. The number of halogens is 4. The van der Waals surface area contributed by atoms with Crippen LogP contribution in [0.2, 0.25) is 0 Å². The lowest BCUT2D eigenvalue weighted by Gasteiger charge is -2.13. The zero-order chi connectivity index (χ0) is 15.3. The molecule has 2 aromatic rings. The van der Waals surface area contributed by atoms with Gasteiger partial charge in [0.2, 0.25) is 0 Å². The van der Waals surface area contributed by atoms with Gasteiger partial charge in [-0.3, -0.25) is 0 Å². The zero-order valence-electron chi connectivity index (χ0n) is 10.7. The number of hydrazine groups is 1. The number of para-hydroxylation sites is 1. The van der Waals surface area contributed by atoms with Crippen molar-refractivity contribution in [2.75, 3.05) is 5.43 Å². The molecule has 0 aliphatic carbocycles. The summed E-state index contributed by atoms with van der Waals surface area (Å²) < 4.78 is 53.8. The van der Waals surface area contributed by atoms with Gasteiger partial charge in [-0.2, -0.15) is 0 Å². The second kappa shape index (κ2) is 6.45. The maximum absolute atomic E-state index is 13.8. The minimum atomic E-state index is -4.92. The van der Waals surface area contributed by atoms with Crippen LogP contribution in [0.1, 0.15) is 5.56 Å². The van der Waals surface area contributed by atoms with E-state index in [4.69, 9.17) is 0 Å². The molecule has 2 aromatic carbocycles. The second-order valence-electron chi connectivity index (χ2n) is 4.12. The van der Waals surface area contributed by atoms with Crippen LogP contribution in [-0.2, 0) is 6.54 Å². The van der Waals surface area contributed by atoms with Crippen LogP contribution in [0, 0.1) is 5.82 Å². The molecule has 0 fully saturated rings. The van der Waals surface area contributed by atoms with E-state index < -0.39 is 17.9 Å². The summed E-state index contributed by atoms with van der Waals surface area (Å²) in [6.07, 6.45) is -4.92. The average Bonchev–Trinajstić information content (AvgIpc) is 2.43. The number of ether oxygens (including phenoxy) is 1. The molecule has 0 aliphatic heterocycles. The number of rotatable bonds is 5. The van der Waals surface area contributed by atoms with Crippen molar-refractivity contribution < 1.29 is 22.3 Å². The van der Waals surface area contributed by atoms with Gasteiger partial charge in [0, 0.05) is 17.8 Å². The average molecular weight is 300 g/mol. The van der Waals surface area contributed by atoms with Gasteiger partial charge in [0.25, 0.3) is 0 Å². The van der Waals surface area contributed by atoms with Crippen molar-refractivity contribution in [1.82, 2.24) is 5.43 Å². The number of anilines is 1. The fraction of sp³-hybridized carbons (Fsp3) is 0.143. The van der Waals surface area contributed by atoms with Gasteiger partial charge in [0.05, 0.1) is 0 Å². The lowest BCUT2D eigenvalue weighted by atomic mass is 10.2. The molecule has 0 atom stereocenters. The first-order chi connectivity index (χ1) is 9.96. The largest absolute Gasteiger partial charge is 0.573 e. The van der Waals surface area contributed by atoms with Gasteiger partial charge in [-0.15, -0.1) is 13.2 Å². The molecule has 0 saturated carbocycles. The summed E-state index contributed by atoms with van der Waals surface area (Å²) in [6, 6.07) is 12.6. The summed E-state index contributed by atoms with van der Waals surface area (Å²) in [5, 5.41) is 0. The highest BCUT2D eigenvalue weighted by Gasteiger charge is 2.32. The van der Waals surface area contributed by atoms with Gasteiger partial charge in [-0.05, 0) is 18.2 Å². The molecule has 0 radical (unpaired) electrons. The van der Waals surface area contributed by atoms with E-state index >= 15 is 0 Å². The molecule has 7 heteroatoms. The molecule has 0 aliphatic rings. The highest BCUT2D eigenvalue weighted by Crippen LogP contribution is 2.27. The predicted octanol–water partition coefficient (Wildman–Crippen LogP) is 3.84. The fourth-order valence-corrected chi connectivity index (χ4v) is 1.66. The van der Waals surface area contributed by atoms with Gasteiger partial charge in [0.1, 0.15) is 0 Å². The second-order valence-corrected chi connectivity index (χ2v) is 4.12. The Balaban J connectivity index is 1.99. The normalized spacial score (nSPS) is 11.2. The van der Waals surface area contributed by atoms with E-state index in [0.29, 0.717) is 0 Å². The molecule has 0 spiro atoms. The van der Waals surface area contributed by atoms with E-state index in [9.17, 15) is 17.6 Å². The van der Waals surface area contributed by atoms with Crippen molar-refractivity contribution >= 4 is 5.69 Å². The maximum atomic E-state index is 13.8. The highest BCUT2D eigenvalue weighted by atomic mass is 19.4. The molecule has 0 amide bonds. The van der Waals surface area contributed by atoms with Crippen LogP contribution in [0.15, 0.2) is 48.5 Å². The molecule has 0 heterocycles. The number of alkyl halides is 3. The Morgan fingerprint density at radius 3 is 2.33 bits per heavy atom. The van der Waals surface area contributed by atoms with Crippen LogP contribution in [0.5, 0.6) is 5.75 Å². The third-order valence-corrected chi connectivity index (χ3v) is 2.55. The first kappa shape index (κ1) is 15.1. The third-order valence-electron chi connectivity index (χ3n) is 2.55. The van der Waals surface area contributed by atoms with Crippen molar-refractivity contribution in [3.8, 4) is 5.75 Å². The number of hydrogen-bond acceptors (Lipinski definition) is 3. The van der Waals surface area contributed by atoms with E-state index in [2.05, 4.69) is 15.6 Å². The monoisotopic (exact) mass is 300 g/mol. The smallest absolute Gasteiger partial charge is 0.403 e. The van der Waals surface area contributed by atoms with Crippen LogP contribution in [-0.4, -0.2) is 6.36 Å². The van der Waals surface area contributed by atoms with Crippen molar-refractivity contribution in [2.45, 2.75) is 12.9 Å². The van der Waals surface area contributed by atoms with Crippen LogP contribution in [0.4, 0.5) is 23.2 Å². The Hall–Kier alpha value is -2.28. The van der Waals surface area contributed by atoms with Crippen molar-refractivity contribution in [3.63, 3.8) is 0 Å². The van der Waals surface area contributed by atoms with E-state index in [1.807, 2.05) is 18.2 Å². The SMILES string of the molecule is Fc1c(CNNc2ccccc2)cccc1OC(F)(F)F. The summed E-state index contributed by atoms with van der Waals surface area (Å²) in [4.78, 5) is 0. The number of nitrogens with one attached hydrogen (secondary N) is 2. The van der Waals surface area contributed by atoms with Gasteiger partial charge in [0.15, 0.2) is 11.6 Å². The highest BCUT2D eigenvalue weighted by molar-refractivity contribution is 5.41. The predicted molar refractivity (Wildman–Crippen MR) is 70.0 cm³/mol. The Kier molecular flexibility index (Phi) is 4.64. The molecule has 0 saturated heterocycles. The number of hydrogen-bond donors (Lipinski definition) is 2. The van der Waals surface area contributed by atoms with E-state index in [1.165, 1.54) is 12.1 Å². The first-order valence-corrected chi connectivity index (χ1v) is 6.03. The van der Waals surface area contributed by atoms with Gasteiger partial charge < -0.3 is 10.2 Å². The lowest BCUT2D eigenvalue weighted by molar-refractivity contribution is -0.275. The van der Waals surface area contributed by atoms with E-state index in [1.54, 1.807) is 12.1 Å².